The highest BCUT2D eigenvalue weighted by Gasteiger charge is 2.38. The van der Waals surface area contributed by atoms with E-state index in [1.807, 2.05) is 0 Å². The van der Waals surface area contributed by atoms with Crippen molar-refractivity contribution >= 4 is 22.4 Å². The van der Waals surface area contributed by atoms with Crippen LogP contribution in [0.2, 0.25) is 0 Å². The van der Waals surface area contributed by atoms with Crippen molar-refractivity contribution in [1.82, 2.24) is 10.3 Å². The molecule has 7 heteroatoms. The summed E-state index contributed by atoms with van der Waals surface area (Å²) in [6.45, 7) is 0.541. The first-order valence-corrected chi connectivity index (χ1v) is 7.90. The number of carbonyl (C=O) groups is 1. The van der Waals surface area contributed by atoms with E-state index in [2.05, 4.69) is 31.8 Å². The van der Waals surface area contributed by atoms with E-state index < -0.39 is 0 Å². The zero-order chi connectivity index (χ0) is 14.7. The molecule has 110 valence electrons. The lowest BCUT2D eigenvalue weighted by atomic mass is 10.0. The molecule has 3 rings (SSSR count). The Labute approximate surface area is 127 Å². The Balaban J connectivity index is 1.41. The van der Waals surface area contributed by atoms with E-state index >= 15 is 0 Å². The van der Waals surface area contributed by atoms with Crippen LogP contribution in [0, 0.1) is 12.3 Å². The lowest BCUT2D eigenvalue weighted by molar-refractivity contribution is 0.0955. The fourth-order valence-corrected chi connectivity index (χ4v) is 2.79. The van der Waals surface area contributed by atoms with Crippen LogP contribution in [0.25, 0.3) is 0 Å². The summed E-state index contributed by atoms with van der Waals surface area (Å²) in [5, 5.41) is 15.1. The fraction of sp³-hybridized carbons (Fsp3) is 0.571. The van der Waals surface area contributed by atoms with Crippen LogP contribution in [0.3, 0.4) is 0 Å². The van der Waals surface area contributed by atoms with E-state index in [4.69, 9.17) is 6.42 Å². The predicted molar refractivity (Wildman–Crippen MR) is 81.4 cm³/mol. The number of hydrogen-bond donors (Lipinski definition) is 2. The van der Waals surface area contributed by atoms with Crippen molar-refractivity contribution < 1.29 is 4.79 Å². The zero-order valence-electron chi connectivity index (χ0n) is 11.6. The average Bonchev–Trinajstić information content (AvgIpc) is 3.38. The Morgan fingerprint density at radius 2 is 2.29 bits per heavy atom. The standard InChI is InChI=1S/C14H17N5OS/c1-2-3-6-14(18-19-14)7-8-15-12(20)11-9-16-13(21-11)17-10-4-5-10/h1,9-10H,3-8H2,(H,15,20)(H,16,17). The largest absolute Gasteiger partial charge is 0.359 e. The number of terminal acetylenes is 1. The second-order valence-corrected chi connectivity index (χ2v) is 6.37. The number of rotatable bonds is 8. The smallest absolute Gasteiger partial charge is 0.263 e. The van der Waals surface area contributed by atoms with Crippen LogP contribution in [-0.2, 0) is 0 Å². The number of thiazole rings is 1. The summed E-state index contributed by atoms with van der Waals surface area (Å²) in [5.74, 6) is 2.50. The van der Waals surface area contributed by atoms with E-state index in [-0.39, 0.29) is 11.6 Å². The molecular formula is C14H17N5OS. The normalized spacial score (nSPS) is 18.0. The first-order valence-electron chi connectivity index (χ1n) is 7.09. The topological polar surface area (TPSA) is 78.7 Å². The molecular weight excluding hydrogens is 286 g/mol. The number of hydrogen-bond acceptors (Lipinski definition) is 6. The maximum absolute atomic E-state index is 12.0. The highest BCUT2D eigenvalue weighted by molar-refractivity contribution is 7.17. The molecule has 2 heterocycles. The molecule has 1 aliphatic heterocycles. The molecule has 0 bridgehead atoms. The summed E-state index contributed by atoms with van der Waals surface area (Å²) in [5.41, 5.74) is -0.341. The van der Waals surface area contributed by atoms with Gasteiger partial charge in [0.25, 0.3) is 5.91 Å². The molecule has 2 aliphatic rings. The van der Waals surface area contributed by atoms with E-state index in [0.717, 1.165) is 11.6 Å². The Hall–Kier alpha value is -1.94. The molecule has 1 aromatic heterocycles. The molecule has 0 spiro atoms. The molecule has 1 aromatic rings. The van der Waals surface area contributed by atoms with Gasteiger partial charge in [-0.05, 0) is 12.8 Å². The van der Waals surface area contributed by atoms with Crippen molar-refractivity contribution in [3.05, 3.63) is 11.1 Å². The molecule has 0 aromatic carbocycles. The van der Waals surface area contributed by atoms with E-state index in [9.17, 15) is 4.79 Å². The van der Waals surface area contributed by atoms with Gasteiger partial charge in [0, 0.05) is 31.8 Å². The van der Waals surface area contributed by atoms with E-state index in [1.165, 1.54) is 24.2 Å². The van der Waals surface area contributed by atoms with Gasteiger partial charge in [-0.15, -0.1) is 12.3 Å². The van der Waals surface area contributed by atoms with Crippen molar-refractivity contribution in [3.63, 3.8) is 0 Å². The quantitative estimate of drug-likeness (QED) is 0.724. The number of nitrogens with zero attached hydrogens (tertiary/aromatic N) is 3. The minimum Gasteiger partial charge on any atom is -0.359 e. The lowest BCUT2D eigenvalue weighted by Gasteiger charge is -2.09. The SMILES string of the molecule is C#CCCC1(CCNC(=O)c2cnc(NC3CC3)s2)N=N1. The second-order valence-electron chi connectivity index (χ2n) is 5.34. The minimum absolute atomic E-state index is 0.0934. The molecule has 2 N–H and O–H groups in total. The van der Waals surface area contributed by atoms with E-state index in [0.29, 0.717) is 30.3 Å². The maximum atomic E-state index is 12.0. The molecule has 0 radical (unpaired) electrons. The van der Waals surface area contributed by atoms with Gasteiger partial charge < -0.3 is 10.6 Å². The third kappa shape index (κ3) is 3.79. The average molecular weight is 303 g/mol. The molecule has 6 nitrogen and oxygen atoms in total. The number of anilines is 1. The van der Waals surface area contributed by atoms with Gasteiger partial charge in [0.05, 0.1) is 6.20 Å². The Kier molecular flexibility index (Phi) is 3.88. The number of nitrogens with one attached hydrogen (secondary N) is 2. The summed E-state index contributed by atoms with van der Waals surface area (Å²) in [6, 6.07) is 0.543. The first-order chi connectivity index (χ1) is 10.2. The molecule has 1 saturated carbocycles. The van der Waals surface area contributed by atoms with Crippen molar-refractivity contribution in [2.45, 2.75) is 43.8 Å². The third-order valence-corrected chi connectivity index (χ3v) is 4.43. The highest BCUT2D eigenvalue weighted by Crippen LogP contribution is 2.36. The van der Waals surface area contributed by atoms with Crippen molar-refractivity contribution in [3.8, 4) is 12.3 Å². The van der Waals surface area contributed by atoms with Gasteiger partial charge in [-0.3, -0.25) is 4.79 Å². The van der Waals surface area contributed by atoms with E-state index in [1.54, 1.807) is 6.20 Å². The Bertz CT molecular complexity index is 593. The second kappa shape index (κ2) is 5.82. The van der Waals surface area contributed by atoms with Crippen LogP contribution >= 0.6 is 11.3 Å². The van der Waals surface area contributed by atoms with Gasteiger partial charge >= 0.3 is 0 Å². The predicted octanol–water partition coefficient (Wildman–Crippen LogP) is 2.41. The van der Waals surface area contributed by atoms with Gasteiger partial charge in [-0.2, -0.15) is 10.2 Å². The van der Waals surface area contributed by atoms with Crippen molar-refractivity contribution in [1.29, 1.82) is 0 Å². The summed E-state index contributed by atoms with van der Waals surface area (Å²) >= 11 is 1.39. The summed E-state index contributed by atoms with van der Waals surface area (Å²) in [7, 11) is 0. The van der Waals surface area contributed by atoms with Crippen LogP contribution in [0.4, 0.5) is 5.13 Å². The molecule has 1 fully saturated rings. The summed E-state index contributed by atoms with van der Waals surface area (Å²) in [4.78, 5) is 16.9. The van der Waals surface area contributed by atoms with Crippen LogP contribution in [0.1, 0.15) is 41.8 Å². The molecule has 0 saturated heterocycles. The van der Waals surface area contributed by atoms with Crippen LogP contribution in [-0.4, -0.2) is 29.1 Å². The summed E-state index contributed by atoms with van der Waals surface area (Å²) < 4.78 is 0. The molecule has 0 unspecified atom stereocenters. The number of carbonyl (C=O) groups excluding carboxylic acids is 1. The van der Waals surface area contributed by atoms with Gasteiger partial charge in [-0.1, -0.05) is 11.3 Å². The van der Waals surface area contributed by atoms with Gasteiger partial charge in [0.2, 0.25) is 0 Å². The maximum Gasteiger partial charge on any atom is 0.263 e. The Morgan fingerprint density at radius 3 is 2.95 bits per heavy atom. The van der Waals surface area contributed by atoms with Gasteiger partial charge in [0.15, 0.2) is 10.8 Å². The molecule has 1 aliphatic carbocycles. The summed E-state index contributed by atoms with van der Waals surface area (Å²) in [6.07, 6.45) is 11.4. The van der Waals surface area contributed by atoms with Gasteiger partial charge in [-0.25, -0.2) is 4.98 Å². The number of aromatic nitrogens is 1. The highest BCUT2D eigenvalue weighted by atomic mass is 32.1. The Morgan fingerprint density at radius 1 is 1.48 bits per heavy atom. The first kappa shape index (κ1) is 14.0. The molecule has 1 amide bonds. The number of amides is 1. The van der Waals surface area contributed by atoms with Crippen LogP contribution < -0.4 is 10.6 Å². The lowest BCUT2D eigenvalue weighted by Crippen LogP contribution is -2.27. The minimum atomic E-state index is -0.341. The van der Waals surface area contributed by atoms with Gasteiger partial charge in [0.1, 0.15) is 4.88 Å². The van der Waals surface area contributed by atoms with Crippen LogP contribution in [0.15, 0.2) is 16.4 Å². The van der Waals surface area contributed by atoms with Crippen LogP contribution in [0.5, 0.6) is 0 Å². The van der Waals surface area contributed by atoms with Crippen molar-refractivity contribution in [2.24, 2.45) is 10.2 Å². The fourth-order valence-electron chi connectivity index (χ4n) is 1.98. The third-order valence-electron chi connectivity index (χ3n) is 3.50. The zero-order valence-corrected chi connectivity index (χ0v) is 12.4. The molecule has 0 atom stereocenters. The van der Waals surface area contributed by atoms with Crippen molar-refractivity contribution in [2.75, 3.05) is 11.9 Å². The monoisotopic (exact) mass is 303 g/mol. The molecule has 21 heavy (non-hydrogen) atoms.